The lowest BCUT2D eigenvalue weighted by atomic mass is 10.00. The molecule has 1 aliphatic rings. The summed E-state index contributed by atoms with van der Waals surface area (Å²) in [5, 5.41) is 3.12. The van der Waals surface area contributed by atoms with Gasteiger partial charge in [0.15, 0.2) is 0 Å². The fourth-order valence-corrected chi connectivity index (χ4v) is 2.79. The Morgan fingerprint density at radius 1 is 0.963 bits per heavy atom. The van der Waals surface area contributed by atoms with Crippen molar-refractivity contribution in [2.24, 2.45) is 0 Å². The van der Waals surface area contributed by atoms with Gasteiger partial charge in [-0.05, 0) is 11.6 Å². The second-order valence-corrected chi connectivity index (χ2v) is 5.64. The Hall–Kier alpha value is -3.67. The van der Waals surface area contributed by atoms with E-state index in [2.05, 4.69) is 5.32 Å². The summed E-state index contributed by atoms with van der Waals surface area (Å²) in [7, 11) is 2.58. The van der Waals surface area contributed by atoms with Gasteiger partial charge in [-0.15, -0.1) is 4.58 Å². The monoisotopic (exact) mass is 363 g/mol. The first-order valence-electron chi connectivity index (χ1n) is 8.28. The Kier molecular flexibility index (Phi) is 5.47. The first kappa shape index (κ1) is 18.1. The number of esters is 2. The standard InChI is InChI=1S/C21H18N2O4/c1-26-18(24)14-23(16-9-4-3-5-10-16)20(21(25)27-2)19-17-11-7-6-8-15(17)12-13-22-19/h3-14H,1-2H3/p+1. The predicted octanol–water partition coefficient (Wildman–Crippen LogP) is 2.69. The summed E-state index contributed by atoms with van der Waals surface area (Å²) in [5.41, 5.74) is 3.08. The topological polar surface area (TPSA) is 67.6 Å². The van der Waals surface area contributed by atoms with Crippen molar-refractivity contribution in [1.82, 2.24) is 5.32 Å². The van der Waals surface area contributed by atoms with Crippen molar-refractivity contribution in [3.8, 4) is 0 Å². The van der Waals surface area contributed by atoms with Gasteiger partial charge in [0, 0.05) is 23.9 Å². The molecular formula is C21H19N2O4+. The van der Waals surface area contributed by atoms with Gasteiger partial charge in [-0.1, -0.05) is 42.5 Å². The molecule has 0 unspecified atom stereocenters. The molecule has 0 atom stereocenters. The minimum absolute atomic E-state index is 0.172. The number of hydrogen-bond donors (Lipinski definition) is 1. The number of rotatable bonds is 4. The zero-order valence-electron chi connectivity index (χ0n) is 15.0. The van der Waals surface area contributed by atoms with E-state index in [-0.39, 0.29) is 5.70 Å². The highest BCUT2D eigenvalue weighted by molar-refractivity contribution is 6.21. The Morgan fingerprint density at radius 2 is 1.67 bits per heavy atom. The summed E-state index contributed by atoms with van der Waals surface area (Å²) in [6.45, 7) is 0. The zero-order valence-corrected chi connectivity index (χ0v) is 15.0. The summed E-state index contributed by atoms with van der Waals surface area (Å²) in [6, 6.07) is 16.7. The molecule has 136 valence electrons. The molecule has 6 nitrogen and oxygen atoms in total. The van der Waals surface area contributed by atoms with Crippen molar-refractivity contribution in [2.45, 2.75) is 0 Å². The number of benzene rings is 2. The maximum Gasteiger partial charge on any atom is 0.406 e. The molecule has 1 heterocycles. The fraction of sp³-hybridized carbons (Fsp3) is 0.0952. The highest BCUT2D eigenvalue weighted by atomic mass is 16.5. The van der Waals surface area contributed by atoms with Crippen molar-refractivity contribution in [3.63, 3.8) is 0 Å². The van der Waals surface area contributed by atoms with Crippen LogP contribution in [-0.4, -0.2) is 36.9 Å². The molecule has 1 N–H and O–H groups in total. The summed E-state index contributed by atoms with van der Waals surface area (Å²) >= 11 is 0. The molecule has 0 fully saturated rings. The molecule has 0 spiro atoms. The molecule has 1 aliphatic heterocycles. The minimum atomic E-state index is -0.597. The van der Waals surface area contributed by atoms with Gasteiger partial charge >= 0.3 is 17.6 Å². The fourth-order valence-electron chi connectivity index (χ4n) is 2.79. The van der Waals surface area contributed by atoms with Crippen LogP contribution < -0.4 is 5.32 Å². The van der Waals surface area contributed by atoms with Crippen LogP contribution in [0.3, 0.4) is 0 Å². The van der Waals surface area contributed by atoms with E-state index in [1.165, 1.54) is 25.0 Å². The normalized spacial score (nSPS) is 14.7. The number of fused-ring (bicyclic) bond motifs is 1. The highest BCUT2D eigenvalue weighted by Gasteiger charge is 2.33. The molecule has 0 amide bonds. The lowest BCUT2D eigenvalue weighted by Crippen LogP contribution is -2.26. The van der Waals surface area contributed by atoms with Crippen molar-refractivity contribution in [1.29, 1.82) is 0 Å². The van der Waals surface area contributed by atoms with Gasteiger partial charge in [0.25, 0.3) is 6.21 Å². The SMILES string of the molecule is COC(=O)C=[N+](C(C(=O)OC)=C1NC=Cc2ccccc21)c1ccccc1. The summed E-state index contributed by atoms with van der Waals surface area (Å²) in [4.78, 5) is 24.8. The molecule has 2 aromatic rings. The van der Waals surface area contributed by atoms with Crippen LogP contribution in [0.15, 0.2) is 66.5 Å². The van der Waals surface area contributed by atoms with E-state index in [1.54, 1.807) is 18.3 Å². The third-order valence-corrected chi connectivity index (χ3v) is 4.05. The van der Waals surface area contributed by atoms with Crippen LogP contribution in [0.25, 0.3) is 11.8 Å². The molecular weight excluding hydrogens is 344 g/mol. The molecule has 2 aromatic carbocycles. The summed E-state index contributed by atoms with van der Waals surface area (Å²) in [6.07, 6.45) is 4.86. The van der Waals surface area contributed by atoms with E-state index in [9.17, 15) is 9.59 Å². The highest BCUT2D eigenvalue weighted by Crippen LogP contribution is 2.28. The molecule has 0 aliphatic carbocycles. The average molecular weight is 363 g/mol. The van der Waals surface area contributed by atoms with Crippen molar-refractivity contribution < 1.29 is 23.6 Å². The molecule has 6 heteroatoms. The molecule has 0 saturated heterocycles. The largest absolute Gasteiger partial charge is 0.462 e. The summed E-state index contributed by atoms with van der Waals surface area (Å²) < 4.78 is 11.3. The number of nitrogens with zero attached hydrogens (tertiary/aromatic N) is 1. The van der Waals surface area contributed by atoms with E-state index in [0.29, 0.717) is 11.4 Å². The second-order valence-electron chi connectivity index (χ2n) is 5.64. The smallest absolute Gasteiger partial charge is 0.406 e. The van der Waals surface area contributed by atoms with Crippen molar-refractivity contribution >= 4 is 35.6 Å². The van der Waals surface area contributed by atoms with Crippen LogP contribution in [0.2, 0.25) is 0 Å². The van der Waals surface area contributed by atoms with E-state index >= 15 is 0 Å². The van der Waals surface area contributed by atoms with E-state index in [0.717, 1.165) is 11.1 Å². The van der Waals surface area contributed by atoms with Crippen molar-refractivity contribution in [3.05, 3.63) is 77.6 Å². The van der Waals surface area contributed by atoms with E-state index in [4.69, 9.17) is 9.47 Å². The molecule has 3 rings (SSSR count). The molecule has 27 heavy (non-hydrogen) atoms. The Labute approximate surface area is 157 Å². The molecule has 0 radical (unpaired) electrons. The van der Waals surface area contributed by atoms with Gasteiger partial charge in [0.2, 0.25) is 5.69 Å². The molecule has 0 saturated carbocycles. The van der Waals surface area contributed by atoms with Crippen LogP contribution in [0.5, 0.6) is 0 Å². The quantitative estimate of drug-likeness (QED) is 0.392. The Bertz CT molecular complexity index is 959. The van der Waals surface area contributed by atoms with Crippen LogP contribution >= 0.6 is 0 Å². The van der Waals surface area contributed by atoms with Gasteiger partial charge in [-0.25, -0.2) is 9.59 Å². The van der Waals surface area contributed by atoms with Gasteiger partial charge < -0.3 is 14.8 Å². The number of hydrogen-bond acceptors (Lipinski definition) is 5. The maximum absolute atomic E-state index is 12.7. The van der Waals surface area contributed by atoms with Gasteiger partial charge in [0.05, 0.1) is 14.2 Å². The Balaban J connectivity index is 2.31. The van der Waals surface area contributed by atoms with Crippen LogP contribution in [0.4, 0.5) is 5.69 Å². The van der Waals surface area contributed by atoms with Crippen molar-refractivity contribution in [2.75, 3.05) is 14.2 Å². The van der Waals surface area contributed by atoms with Crippen LogP contribution in [0, 0.1) is 0 Å². The molecule has 0 aromatic heterocycles. The third kappa shape index (κ3) is 3.79. The lowest BCUT2D eigenvalue weighted by molar-refractivity contribution is -0.374. The number of methoxy groups -OCH3 is 2. The maximum atomic E-state index is 12.7. The Morgan fingerprint density at radius 3 is 2.37 bits per heavy atom. The number of nitrogens with one attached hydrogen (secondary N) is 1. The number of para-hydroxylation sites is 1. The van der Waals surface area contributed by atoms with Gasteiger partial charge in [0.1, 0.15) is 5.70 Å². The van der Waals surface area contributed by atoms with E-state index in [1.807, 2.05) is 48.5 Å². The van der Waals surface area contributed by atoms with Crippen LogP contribution in [-0.2, 0) is 19.1 Å². The van der Waals surface area contributed by atoms with Gasteiger partial charge in [-0.2, -0.15) is 0 Å². The zero-order chi connectivity index (χ0) is 19.2. The molecule has 0 bridgehead atoms. The first-order valence-corrected chi connectivity index (χ1v) is 8.28. The van der Waals surface area contributed by atoms with Gasteiger partial charge in [-0.3, -0.25) is 0 Å². The second kappa shape index (κ2) is 8.14. The third-order valence-electron chi connectivity index (χ3n) is 4.05. The predicted molar refractivity (Wildman–Crippen MR) is 102 cm³/mol. The number of ether oxygens (including phenoxy) is 2. The summed E-state index contributed by atoms with van der Waals surface area (Å²) in [5.74, 6) is -1.19. The van der Waals surface area contributed by atoms with E-state index < -0.39 is 11.9 Å². The first-order chi connectivity index (χ1) is 13.2. The average Bonchev–Trinajstić information content (AvgIpc) is 2.73. The lowest BCUT2D eigenvalue weighted by Gasteiger charge is -2.17. The minimum Gasteiger partial charge on any atom is -0.462 e. The number of carbonyl (C=O) groups is 2. The number of carbonyl (C=O) groups excluding carboxylic acids is 2. The van der Waals surface area contributed by atoms with Crippen LogP contribution in [0.1, 0.15) is 11.1 Å².